The summed E-state index contributed by atoms with van der Waals surface area (Å²) in [5, 5.41) is 8.97. The van der Waals surface area contributed by atoms with Gasteiger partial charge in [0.05, 0.1) is 11.6 Å². The highest BCUT2D eigenvalue weighted by atomic mass is 15.3. The number of nitriles is 1. The van der Waals surface area contributed by atoms with E-state index in [1.165, 1.54) is 19.4 Å². The minimum absolute atomic E-state index is 0.574. The minimum Gasteiger partial charge on any atom is -0.352 e. The predicted octanol–water partition coefficient (Wildman–Crippen LogP) is 1.48. The van der Waals surface area contributed by atoms with Crippen LogP contribution in [0.1, 0.15) is 18.4 Å². The van der Waals surface area contributed by atoms with Gasteiger partial charge < -0.3 is 9.80 Å². The number of likely N-dealkylation sites (tertiary alicyclic amines) is 1. The van der Waals surface area contributed by atoms with Gasteiger partial charge in [-0.2, -0.15) is 5.26 Å². The van der Waals surface area contributed by atoms with Crippen molar-refractivity contribution >= 4 is 5.82 Å². The third-order valence-corrected chi connectivity index (χ3v) is 4.23. The number of pyridine rings is 1. The molecule has 2 aliphatic heterocycles. The van der Waals surface area contributed by atoms with E-state index in [-0.39, 0.29) is 0 Å². The van der Waals surface area contributed by atoms with Crippen LogP contribution in [0.5, 0.6) is 0 Å². The monoisotopic (exact) mass is 242 g/mol. The fourth-order valence-corrected chi connectivity index (χ4v) is 3.23. The van der Waals surface area contributed by atoms with Crippen LogP contribution in [0.15, 0.2) is 18.3 Å². The molecule has 2 aliphatic rings. The Morgan fingerprint density at radius 1 is 1.39 bits per heavy atom. The summed E-state index contributed by atoms with van der Waals surface area (Å²) in [5.41, 5.74) is 0.701. The summed E-state index contributed by atoms with van der Waals surface area (Å²) in [6, 6.07) is 6.45. The van der Waals surface area contributed by atoms with E-state index in [0.29, 0.717) is 11.6 Å². The highest BCUT2D eigenvalue weighted by Gasteiger charge is 2.37. The van der Waals surface area contributed by atoms with Gasteiger partial charge in [-0.15, -0.1) is 0 Å². The van der Waals surface area contributed by atoms with Crippen LogP contribution in [0.2, 0.25) is 0 Å². The van der Waals surface area contributed by atoms with E-state index in [1.807, 2.05) is 6.07 Å². The molecule has 3 rings (SSSR count). The van der Waals surface area contributed by atoms with Crippen LogP contribution in [-0.2, 0) is 0 Å². The zero-order valence-corrected chi connectivity index (χ0v) is 10.7. The topological polar surface area (TPSA) is 43.2 Å². The lowest BCUT2D eigenvalue weighted by atomic mass is 9.92. The number of likely N-dealkylation sites (N-methyl/N-ethyl adjacent to an activating group) is 1. The summed E-state index contributed by atoms with van der Waals surface area (Å²) in [4.78, 5) is 9.23. The molecule has 2 saturated heterocycles. The van der Waals surface area contributed by atoms with Gasteiger partial charge in [-0.25, -0.2) is 4.98 Å². The van der Waals surface area contributed by atoms with Gasteiger partial charge >= 0.3 is 0 Å². The maximum Gasteiger partial charge on any atom is 0.130 e. The van der Waals surface area contributed by atoms with Crippen LogP contribution >= 0.6 is 0 Å². The standard InChI is InChI=1S/C14H18N4/c1-17-6-3-12-4-7-18(13(12)10-17)14-8-11(9-15)2-5-16-14/h2,5,8,12-13H,3-4,6-7,10H2,1H3/t12-,13-/m0/s1. The van der Waals surface area contributed by atoms with Gasteiger partial charge in [0, 0.05) is 25.3 Å². The summed E-state index contributed by atoms with van der Waals surface area (Å²) in [5.74, 6) is 1.77. The van der Waals surface area contributed by atoms with Gasteiger partial charge in [-0.3, -0.25) is 0 Å². The van der Waals surface area contributed by atoms with Crippen molar-refractivity contribution in [3.8, 4) is 6.07 Å². The van der Waals surface area contributed by atoms with Crippen LogP contribution in [0.4, 0.5) is 5.82 Å². The number of piperidine rings is 1. The van der Waals surface area contributed by atoms with Crippen molar-refractivity contribution in [1.82, 2.24) is 9.88 Å². The second-order valence-electron chi connectivity index (χ2n) is 5.37. The van der Waals surface area contributed by atoms with Crippen molar-refractivity contribution < 1.29 is 0 Å². The molecule has 0 aromatic carbocycles. The Kier molecular flexibility index (Phi) is 2.92. The largest absolute Gasteiger partial charge is 0.352 e. The normalized spacial score (nSPS) is 27.9. The van der Waals surface area contributed by atoms with E-state index in [9.17, 15) is 0 Å². The van der Waals surface area contributed by atoms with E-state index < -0.39 is 0 Å². The molecule has 94 valence electrons. The lowest BCUT2D eigenvalue weighted by Gasteiger charge is -2.37. The Balaban J connectivity index is 1.85. The van der Waals surface area contributed by atoms with Gasteiger partial charge in [0.2, 0.25) is 0 Å². The second-order valence-corrected chi connectivity index (χ2v) is 5.37. The van der Waals surface area contributed by atoms with E-state index in [0.717, 1.165) is 24.8 Å². The van der Waals surface area contributed by atoms with Crippen molar-refractivity contribution in [1.29, 1.82) is 5.26 Å². The van der Waals surface area contributed by atoms with Gasteiger partial charge in [-0.05, 0) is 44.5 Å². The summed E-state index contributed by atoms with van der Waals surface area (Å²) in [7, 11) is 2.19. The first kappa shape index (κ1) is 11.5. The van der Waals surface area contributed by atoms with Gasteiger partial charge in [0.25, 0.3) is 0 Å². The van der Waals surface area contributed by atoms with Crippen molar-refractivity contribution in [3.05, 3.63) is 23.9 Å². The first-order valence-electron chi connectivity index (χ1n) is 6.59. The van der Waals surface area contributed by atoms with Crippen molar-refractivity contribution in [2.75, 3.05) is 31.6 Å². The molecule has 0 spiro atoms. The van der Waals surface area contributed by atoms with Gasteiger partial charge in [0.1, 0.15) is 5.82 Å². The molecule has 3 heterocycles. The first-order valence-corrected chi connectivity index (χ1v) is 6.59. The molecule has 1 aromatic heterocycles. The highest BCUT2D eigenvalue weighted by Crippen LogP contribution is 2.33. The zero-order valence-electron chi connectivity index (χ0n) is 10.7. The lowest BCUT2D eigenvalue weighted by Crippen LogP contribution is -2.46. The molecule has 0 aliphatic carbocycles. The van der Waals surface area contributed by atoms with E-state index in [4.69, 9.17) is 5.26 Å². The maximum atomic E-state index is 8.97. The Bertz CT molecular complexity index is 479. The Hall–Kier alpha value is -1.60. The molecule has 4 heteroatoms. The molecule has 18 heavy (non-hydrogen) atoms. The molecule has 0 saturated carbocycles. The van der Waals surface area contributed by atoms with Crippen LogP contribution < -0.4 is 4.90 Å². The number of aromatic nitrogens is 1. The molecule has 0 bridgehead atoms. The fourth-order valence-electron chi connectivity index (χ4n) is 3.23. The number of anilines is 1. The van der Waals surface area contributed by atoms with Crippen molar-refractivity contribution in [2.24, 2.45) is 5.92 Å². The Morgan fingerprint density at radius 2 is 2.22 bits per heavy atom. The number of rotatable bonds is 1. The summed E-state index contributed by atoms with van der Waals surface area (Å²) < 4.78 is 0. The predicted molar refractivity (Wildman–Crippen MR) is 70.3 cm³/mol. The number of hydrogen-bond donors (Lipinski definition) is 0. The van der Waals surface area contributed by atoms with Crippen LogP contribution in [0.3, 0.4) is 0 Å². The SMILES string of the molecule is CN1CC[C@H]2CCN(c3cc(C#N)ccn3)[C@H]2C1. The summed E-state index contributed by atoms with van der Waals surface area (Å²) >= 11 is 0. The molecule has 2 fully saturated rings. The van der Waals surface area contributed by atoms with Crippen LogP contribution in [-0.4, -0.2) is 42.6 Å². The van der Waals surface area contributed by atoms with Crippen molar-refractivity contribution in [3.63, 3.8) is 0 Å². The first-order chi connectivity index (χ1) is 8.78. The maximum absolute atomic E-state index is 8.97. The van der Waals surface area contributed by atoms with E-state index in [2.05, 4.69) is 27.9 Å². The molecule has 0 N–H and O–H groups in total. The summed E-state index contributed by atoms with van der Waals surface area (Å²) in [6.45, 7) is 3.40. The molecule has 0 radical (unpaired) electrons. The van der Waals surface area contributed by atoms with E-state index >= 15 is 0 Å². The highest BCUT2D eigenvalue weighted by molar-refractivity contribution is 5.47. The second kappa shape index (κ2) is 4.58. The Labute approximate surface area is 108 Å². The van der Waals surface area contributed by atoms with Crippen molar-refractivity contribution in [2.45, 2.75) is 18.9 Å². The molecular weight excluding hydrogens is 224 g/mol. The summed E-state index contributed by atoms with van der Waals surface area (Å²) in [6.07, 6.45) is 4.29. The zero-order chi connectivity index (χ0) is 12.5. The number of nitrogens with zero attached hydrogens (tertiary/aromatic N) is 4. The fraction of sp³-hybridized carbons (Fsp3) is 0.571. The molecule has 1 aromatic rings. The minimum atomic E-state index is 0.574. The lowest BCUT2D eigenvalue weighted by molar-refractivity contribution is 0.208. The third kappa shape index (κ3) is 1.95. The quantitative estimate of drug-likeness (QED) is 0.748. The average molecular weight is 242 g/mol. The Morgan fingerprint density at radius 3 is 3.06 bits per heavy atom. The molecule has 2 atom stereocenters. The average Bonchev–Trinajstić information content (AvgIpc) is 2.81. The molecule has 0 unspecified atom stereocenters. The van der Waals surface area contributed by atoms with Crippen LogP contribution in [0.25, 0.3) is 0 Å². The number of hydrogen-bond acceptors (Lipinski definition) is 4. The number of fused-ring (bicyclic) bond motifs is 1. The smallest absolute Gasteiger partial charge is 0.130 e. The molecule has 0 amide bonds. The van der Waals surface area contributed by atoms with Gasteiger partial charge in [-0.1, -0.05) is 0 Å². The van der Waals surface area contributed by atoms with E-state index in [1.54, 1.807) is 12.3 Å². The third-order valence-electron chi connectivity index (χ3n) is 4.23. The van der Waals surface area contributed by atoms with Gasteiger partial charge in [0.15, 0.2) is 0 Å². The van der Waals surface area contributed by atoms with Crippen LogP contribution in [0, 0.1) is 17.2 Å². The molecule has 4 nitrogen and oxygen atoms in total. The molecular formula is C14H18N4.